The molecule has 0 aliphatic carbocycles. The van der Waals surface area contributed by atoms with E-state index in [0.717, 1.165) is 46.3 Å². The van der Waals surface area contributed by atoms with Crippen molar-refractivity contribution in [1.82, 2.24) is 0 Å². The van der Waals surface area contributed by atoms with Crippen LogP contribution in [0, 0.1) is 10.1 Å². The lowest BCUT2D eigenvalue weighted by Crippen LogP contribution is -2.64. The average Bonchev–Trinajstić information content (AvgIpc) is 2.79. The SMILES string of the molecule is COC(=O)C1O[C@@H](Oc2ccc(COS(C)(=O)=O)cc2[N+](=O)[O-])[C@@H](OC(C)=O)C(OC(C)=O)[C@@H]1OC(C)=O. The van der Waals surface area contributed by atoms with Crippen LogP contribution in [0.15, 0.2) is 18.2 Å². The number of benzene rings is 1. The van der Waals surface area contributed by atoms with Crippen LogP contribution in [0.5, 0.6) is 5.75 Å². The van der Waals surface area contributed by atoms with Gasteiger partial charge in [-0.1, -0.05) is 6.07 Å². The van der Waals surface area contributed by atoms with Crippen molar-refractivity contribution in [3.63, 3.8) is 0 Å². The van der Waals surface area contributed by atoms with Gasteiger partial charge in [0.25, 0.3) is 10.1 Å². The lowest BCUT2D eigenvalue weighted by Gasteiger charge is -2.42. The van der Waals surface area contributed by atoms with Gasteiger partial charge in [0.05, 0.1) is 24.9 Å². The van der Waals surface area contributed by atoms with Gasteiger partial charge in [0.15, 0.2) is 24.1 Å². The molecule has 1 saturated heterocycles. The van der Waals surface area contributed by atoms with Crippen molar-refractivity contribution in [3.05, 3.63) is 33.9 Å². The van der Waals surface area contributed by atoms with Gasteiger partial charge in [-0.2, -0.15) is 8.42 Å². The van der Waals surface area contributed by atoms with Crippen LogP contribution in [0.4, 0.5) is 5.69 Å². The van der Waals surface area contributed by atoms with Gasteiger partial charge in [-0.25, -0.2) is 4.79 Å². The first-order valence-electron chi connectivity index (χ1n) is 10.7. The molecule has 17 heteroatoms. The molecule has 2 unspecified atom stereocenters. The molecule has 5 atom stereocenters. The average molecular weight is 563 g/mol. The van der Waals surface area contributed by atoms with Crippen LogP contribution in [0.2, 0.25) is 0 Å². The minimum absolute atomic E-state index is 0.0933. The number of esters is 4. The Bertz CT molecular complexity index is 1200. The smallest absolute Gasteiger partial charge is 0.339 e. The molecule has 1 aromatic carbocycles. The molecule has 16 nitrogen and oxygen atoms in total. The Balaban J connectivity index is 2.55. The van der Waals surface area contributed by atoms with E-state index in [0.29, 0.717) is 0 Å². The molecule has 38 heavy (non-hydrogen) atoms. The van der Waals surface area contributed by atoms with Crippen molar-refractivity contribution >= 4 is 39.7 Å². The van der Waals surface area contributed by atoms with E-state index in [-0.39, 0.29) is 5.56 Å². The van der Waals surface area contributed by atoms with Crippen molar-refractivity contribution in [2.75, 3.05) is 13.4 Å². The van der Waals surface area contributed by atoms with E-state index in [1.165, 1.54) is 6.07 Å². The molecule has 0 amide bonds. The number of hydrogen-bond donors (Lipinski definition) is 0. The normalized spacial score (nSPS) is 23.0. The molecule has 1 fully saturated rings. The summed E-state index contributed by atoms with van der Waals surface area (Å²) in [5.74, 6) is -4.31. The second kappa shape index (κ2) is 12.6. The summed E-state index contributed by atoms with van der Waals surface area (Å²) in [6.07, 6.45) is -7.80. The van der Waals surface area contributed by atoms with Crippen molar-refractivity contribution in [3.8, 4) is 5.75 Å². The van der Waals surface area contributed by atoms with E-state index >= 15 is 0 Å². The highest BCUT2D eigenvalue weighted by Gasteiger charge is 2.56. The number of rotatable bonds is 10. The number of nitrogens with zero attached hydrogens (tertiary/aromatic N) is 1. The zero-order valence-electron chi connectivity index (χ0n) is 20.8. The monoisotopic (exact) mass is 563 g/mol. The van der Waals surface area contributed by atoms with Crippen LogP contribution in [0.25, 0.3) is 0 Å². The van der Waals surface area contributed by atoms with E-state index in [9.17, 15) is 37.7 Å². The molecular formula is C21H25NO15S. The van der Waals surface area contributed by atoms with Crippen molar-refractivity contribution in [2.45, 2.75) is 58.1 Å². The Morgan fingerprint density at radius 2 is 1.53 bits per heavy atom. The van der Waals surface area contributed by atoms with Gasteiger partial charge in [-0.15, -0.1) is 0 Å². The van der Waals surface area contributed by atoms with Crippen molar-refractivity contribution in [1.29, 1.82) is 0 Å². The molecule has 1 aliphatic heterocycles. The largest absolute Gasteiger partial charge is 0.467 e. The standard InChI is InChI=1S/C21H25NO15S/c1-10(23)33-16-17(34-11(2)24)19(35-12(3)25)21(37-18(16)20(26)31-4)36-15-7-6-13(8-14(15)22(27)28)9-32-38(5,29)30/h6-8,16-19,21H,9H2,1-5H3/t16-,17?,18?,19-,21+/m0/s1. The minimum atomic E-state index is -3.84. The quantitative estimate of drug-likeness (QED) is 0.122. The maximum atomic E-state index is 12.5. The summed E-state index contributed by atoms with van der Waals surface area (Å²) in [5.41, 5.74) is -0.582. The number of nitro benzene ring substituents is 1. The lowest BCUT2D eigenvalue weighted by molar-refractivity contribution is -0.387. The van der Waals surface area contributed by atoms with Crippen LogP contribution >= 0.6 is 0 Å². The zero-order valence-corrected chi connectivity index (χ0v) is 21.6. The third-order valence-electron chi connectivity index (χ3n) is 4.74. The zero-order chi connectivity index (χ0) is 28.8. The van der Waals surface area contributed by atoms with Crippen LogP contribution in [-0.4, -0.2) is 81.3 Å². The number of hydrogen-bond acceptors (Lipinski definition) is 15. The summed E-state index contributed by atoms with van der Waals surface area (Å²) in [5, 5.41) is 11.7. The third-order valence-corrected chi connectivity index (χ3v) is 5.28. The van der Waals surface area contributed by atoms with Crippen LogP contribution < -0.4 is 4.74 Å². The van der Waals surface area contributed by atoms with Crippen LogP contribution in [0.1, 0.15) is 26.3 Å². The van der Waals surface area contributed by atoms with Gasteiger partial charge in [-0.05, 0) is 11.6 Å². The molecule has 2 rings (SSSR count). The topological polar surface area (TPSA) is 210 Å². The predicted molar refractivity (Wildman–Crippen MR) is 121 cm³/mol. The van der Waals surface area contributed by atoms with Crippen molar-refractivity contribution in [2.24, 2.45) is 0 Å². The Morgan fingerprint density at radius 3 is 2.03 bits per heavy atom. The number of carbonyl (C=O) groups is 4. The molecule has 0 aromatic heterocycles. The third kappa shape index (κ3) is 8.35. The van der Waals surface area contributed by atoms with Gasteiger partial charge in [0.2, 0.25) is 12.4 Å². The first-order valence-corrected chi connectivity index (χ1v) is 12.5. The molecular weight excluding hydrogens is 538 g/mol. The summed E-state index contributed by atoms with van der Waals surface area (Å²) in [7, 11) is -2.85. The molecule has 0 radical (unpaired) electrons. The molecule has 1 aliphatic rings. The van der Waals surface area contributed by atoms with Gasteiger partial charge in [0.1, 0.15) is 0 Å². The van der Waals surface area contributed by atoms with Crippen LogP contribution in [-0.2, 0) is 63.8 Å². The van der Waals surface area contributed by atoms with E-state index in [4.69, 9.17) is 23.7 Å². The summed E-state index contributed by atoms with van der Waals surface area (Å²) >= 11 is 0. The van der Waals surface area contributed by atoms with Gasteiger partial charge >= 0.3 is 29.6 Å². The second-order valence-electron chi connectivity index (χ2n) is 7.81. The minimum Gasteiger partial charge on any atom is -0.467 e. The number of nitro groups is 1. The van der Waals surface area contributed by atoms with E-state index < -0.39 is 87.7 Å². The fourth-order valence-corrected chi connectivity index (χ4v) is 3.72. The van der Waals surface area contributed by atoms with Crippen LogP contribution in [0.3, 0.4) is 0 Å². The Hall–Kier alpha value is -3.83. The predicted octanol–water partition coefficient (Wildman–Crippen LogP) is 0.143. The maximum absolute atomic E-state index is 12.5. The summed E-state index contributed by atoms with van der Waals surface area (Å²) in [4.78, 5) is 58.8. The van der Waals surface area contributed by atoms with E-state index in [1.807, 2.05) is 0 Å². The van der Waals surface area contributed by atoms with E-state index in [1.54, 1.807) is 0 Å². The molecule has 210 valence electrons. The number of carbonyl (C=O) groups excluding carboxylic acids is 4. The lowest BCUT2D eigenvalue weighted by atomic mass is 9.97. The Kier molecular flexibility index (Phi) is 10.1. The highest BCUT2D eigenvalue weighted by atomic mass is 32.2. The summed E-state index contributed by atoms with van der Waals surface area (Å²) < 4.78 is 58.5. The molecule has 1 aromatic rings. The number of methoxy groups -OCH3 is 1. The highest BCUT2D eigenvalue weighted by molar-refractivity contribution is 7.85. The molecule has 1 heterocycles. The fourth-order valence-electron chi connectivity index (χ4n) is 3.37. The number of ether oxygens (including phenoxy) is 6. The molecule has 0 spiro atoms. The molecule has 0 N–H and O–H groups in total. The van der Waals surface area contributed by atoms with Crippen molar-refractivity contribution < 1.29 is 65.1 Å². The Morgan fingerprint density at radius 1 is 0.974 bits per heavy atom. The molecule has 0 bridgehead atoms. The van der Waals surface area contributed by atoms with Gasteiger partial charge in [-0.3, -0.25) is 28.7 Å². The highest BCUT2D eigenvalue weighted by Crippen LogP contribution is 2.35. The fraction of sp³-hybridized carbons (Fsp3) is 0.524. The van der Waals surface area contributed by atoms with Gasteiger partial charge < -0.3 is 28.4 Å². The molecule has 0 saturated carbocycles. The maximum Gasteiger partial charge on any atom is 0.339 e. The first-order chi connectivity index (χ1) is 17.6. The first kappa shape index (κ1) is 30.4. The summed E-state index contributed by atoms with van der Waals surface area (Å²) in [6, 6.07) is 3.30. The summed E-state index contributed by atoms with van der Waals surface area (Å²) in [6.45, 7) is 2.48. The Labute approximate surface area is 216 Å². The second-order valence-corrected chi connectivity index (χ2v) is 9.46. The van der Waals surface area contributed by atoms with E-state index in [2.05, 4.69) is 8.92 Å². The van der Waals surface area contributed by atoms with Gasteiger partial charge in [0, 0.05) is 26.8 Å².